The topological polar surface area (TPSA) is 119 Å². The van der Waals surface area contributed by atoms with Crippen LogP contribution in [-0.2, 0) is 0 Å². The molecule has 3 rings (SSSR count). The zero-order valence-electron chi connectivity index (χ0n) is 16.8. The van der Waals surface area contributed by atoms with Crippen molar-refractivity contribution in [3.63, 3.8) is 0 Å². The first-order valence-electron chi connectivity index (χ1n) is 9.05. The number of carbonyl (C=O) groups excluding carboxylic acids is 4. The Kier molecular flexibility index (Phi) is 5.22. The molecule has 0 aliphatic rings. The molecule has 0 aliphatic heterocycles. The van der Waals surface area contributed by atoms with Gasteiger partial charge in [0.1, 0.15) is 22.7 Å². The van der Waals surface area contributed by atoms with Crippen LogP contribution in [-0.4, -0.2) is 28.2 Å². The summed E-state index contributed by atoms with van der Waals surface area (Å²) >= 11 is 0. The molecule has 0 saturated carbocycles. The third-order valence-electron chi connectivity index (χ3n) is 4.77. The second kappa shape index (κ2) is 7.51. The number of benzene rings is 2. The Morgan fingerprint density at radius 1 is 0.800 bits per heavy atom. The number of phenols is 1. The van der Waals surface area contributed by atoms with Gasteiger partial charge in [-0.15, -0.1) is 0 Å². The Labute approximate surface area is 170 Å². The van der Waals surface area contributed by atoms with Crippen LogP contribution in [0.25, 0.3) is 22.3 Å². The van der Waals surface area contributed by atoms with Crippen LogP contribution in [0.4, 0.5) is 0 Å². The largest absolute Gasteiger partial charge is 0.507 e. The van der Waals surface area contributed by atoms with E-state index in [1.807, 2.05) is 0 Å². The Hall–Kier alpha value is -3.87. The molecule has 0 amide bonds. The molecule has 0 fully saturated rings. The van der Waals surface area contributed by atoms with Crippen molar-refractivity contribution in [1.29, 1.82) is 0 Å². The van der Waals surface area contributed by atoms with Crippen molar-refractivity contribution in [3.05, 3.63) is 62.8 Å². The molecule has 2 aromatic carbocycles. The minimum absolute atomic E-state index is 0.00772. The molecule has 0 atom stereocenters. The molecule has 3 aromatic rings. The van der Waals surface area contributed by atoms with E-state index in [4.69, 9.17) is 4.42 Å². The summed E-state index contributed by atoms with van der Waals surface area (Å²) in [5.74, 6) is -2.17. The van der Waals surface area contributed by atoms with E-state index >= 15 is 0 Å². The van der Waals surface area contributed by atoms with E-state index in [0.29, 0.717) is 0 Å². The monoisotopic (exact) mass is 406 g/mol. The first-order valence-corrected chi connectivity index (χ1v) is 9.05. The van der Waals surface area contributed by atoms with Crippen molar-refractivity contribution < 1.29 is 28.7 Å². The zero-order valence-corrected chi connectivity index (χ0v) is 16.8. The second-order valence-corrected chi connectivity index (χ2v) is 6.99. The lowest BCUT2D eigenvalue weighted by atomic mass is 9.95. The third-order valence-corrected chi connectivity index (χ3v) is 4.77. The number of Topliss-reactive ketones (excluding diaryl/α,β-unsaturated/α-hetero) is 4. The van der Waals surface area contributed by atoms with Crippen LogP contribution in [0.2, 0.25) is 0 Å². The molecule has 0 bridgehead atoms. The smallest absolute Gasteiger partial charge is 0.204 e. The maximum atomic E-state index is 13.2. The van der Waals surface area contributed by atoms with Gasteiger partial charge in [0.25, 0.3) is 0 Å². The molecule has 30 heavy (non-hydrogen) atoms. The van der Waals surface area contributed by atoms with Gasteiger partial charge in [-0.3, -0.25) is 24.0 Å². The maximum absolute atomic E-state index is 13.2. The van der Waals surface area contributed by atoms with Crippen molar-refractivity contribution in [2.75, 3.05) is 0 Å². The van der Waals surface area contributed by atoms with Crippen molar-refractivity contribution in [3.8, 4) is 17.1 Å². The summed E-state index contributed by atoms with van der Waals surface area (Å²) in [5.41, 5.74) is -0.665. The number of hydrogen-bond acceptors (Lipinski definition) is 7. The summed E-state index contributed by atoms with van der Waals surface area (Å²) in [7, 11) is 0. The van der Waals surface area contributed by atoms with Crippen molar-refractivity contribution in [1.82, 2.24) is 0 Å². The summed E-state index contributed by atoms with van der Waals surface area (Å²) in [6.07, 6.45) is 0. The zero-order chi connectivity index (χ0) is 22.3. The molecular formula is C23H18O7. The first kappa shape index (κ1) is 20.9. The number of carbonyl (C=O) groups is 4. The van der Waals surface area contributed by atoms with Gasteiger partial charge in [-0.05, 0) is 58.0 Å². The van der Waals surface area contributed by atoms with E-state index in [0.717, 1.165) is 0 Å². The van der Waals surface area contributed by atoms with E-state index in [2.05, 4.69) is 0 Å². The fourth-order valence-corrected chi connectivity index (χ4v) is 3.28. The number of rotatable bonds is 5. The number of ketones is 4. The summed E-state index contributed by atoms with van der Waals surface area (Å²) in [4.78, 5) is 61.4. The molecule has 7 nitrogen and oxygen atoms in total. The molecule has 152 valence electrons. The van der Waals surface area contributed by atoms with Crippen LogP contribution in [0.3, 0.4) is 0 Å². The van der Waals surface area contributed by atoms with E-state index in [1.165, 1.54) is 58.0 Å². The lowest BCUT2D eigenvalue weighted by Gasteiger charge is -2.12. The lowest BCUT2D eigenvalue weighted by Crippen LogP contribution is -2.18. The first-order chi connectivity index (χ1) is 14.0. The van der Waals surface area contributed by atoms with Crippen LogP contribution in [0, 0.1) is 0 Å². The molecule has 0 unspecified atom stereocenters. The van der Waals surface area contributed by atoms with Gasteiger partial charge in [0.2, 0.25) is 5.43 Å². The van der Waals surface area contributed by atoms with Crippen LogP contribution in [0.15, 0.2) is 39.5 Å². The van der Waals surface area contributed by atoms with E-state index in [1.54, 1.807) is 0 Å². The molecule has 0 spiro atoms. The van der Waals surface area contributed by atoms with Crippen LogP contribution >= 0.6 is 0 Å². The Bertz CT molecular complexity index is 1330. The summed E-state index contributed by atoms with van der Waals surface area (Å²) in [5, 5.41) is 9.81. The molecule has 0 radical (unpaired) electrons. The maximum Gasteiger partial charge on any atom is 0.204 e. The van der Waals surface area contributed by atoms with Gasteiger partial charge >= 0.3 is 0 Å². The predicted octanol–water partition coefficient (Wildman–Crippen LogP) is 3.98. The van der Waals surface area contributed by atoms with Crippen LogP contribution < -0.4 is 5.43 Å². The minimum atomic E-state index is -0.712. The predicted molar refractivity (Wildman–Crippen MR) is 110 cm³/mol. The fraction of sp³-hybridized carbons (Fsp3) is 0.174. The van der Waals surface area contributed by atoms with E-state index < -0.39 is 22.8 Å². The van der Waals surface area contributed by atoms with E-state index in [9.17, 15) is 29.1 Å². The Balaban J connectivity index is 2.51. The van der Waals surface area contributed by atoms with Gasteiger partial charge in [0, 0.05) is 16.7 Å². The molecule has 0 saturated heterocycles. The highest BCUT2D eigenvalue weighted by molar-refractivity contribution is 6.11. The Morgan fingerprint density at radius 3 is 1.97 bits per heavy atom. The van der Waals surface area contributed by atoms with Gasteiger partial charge in [-0.2, -0.15) is 0 Å². The molecule has 0 aliphatic carbocycles. The standard InChI is InChI=1S/C23H18O7/c1-10(24)15-8-17(12(3)26)21-19(9-15)30-23(20(13(4)27)22(21)29)14-5-6-18(28)16(7-14)11(2)25/h5-9,28H,1-4H3. The highest BCUT2D eigenvalue weighted by Gasteiger charge is 2.24. The van der Waals surface area contributed by atoms with Crippen LogP contribution in [0.5, 0.6) is 5.75 Å². The van der Waals surface area contributed by atoms with Gasteiger partial charge in [0.15, 0.2) is 23.1 Å². The Morgan fingerprint density at radius 2 is 1.43 bits per heavy atom. The van der Waals surface area contributed by atoms with E-state index in [-0.39, 0.29) is 56.1 Å². The lowest BCUT2D eigenvalue weighted by molar-refractivity contribution is 0.0999. The molecule has 1 aromatic heterocycles. The van der Waals surface area contributed by atoms with Crippen molar-refractivity contribution in [2.24, 2.45) is 0 Å². The number of hydrogen-bond donors (Lipinski definition) is 1. The van der Waals surface area contributed by atoms with Crippen molar-refractivity contribution in [2.45, 2.75) is 27.7 Å². The number of fused-ring (bicyclic) bond motifs is 1. The average molecular weight is 406 g/mol. The summed E-state index contributed by atoms with van der Waals surface area (Å²) in [6.45, 7) is 5.01. The highest BCUT2D eigenvalue weighted by atomic mass is 16.3. The van der Waals surface area contributed by atoms with Crippen LogP contribution in [0.1, 0.15) is 69.1 Å². The SMILES string of the molecule is CC(=O)c1cc(C(C)=O)c2c(=O)c(C(C)=O)c(-c3ccc(O)c(C(C)=O)c3)oc2c1. The summed E-state index contributed by atoms with van der Waals surface area (Å²) in [6, 6.07) is 6.62. The van der Waals surface area contributed by atoms with Gasteiger partial charge in [-0.1, -0.05) is 0 Å². The van der Waals surface area contributed by atoms with Gasteiger partial charge in [0.05, 0.1) is 10.9 Å². The molecule has 7 heteroatoms. The number of aromatic hydroxyl groups is 1. The average Bonchev–Trinajstić information content (AvgIpc) is 2.66. The third kappa shape index (κ3) is 3.45. The molecule has 1 heterocycles. The molecule has 1 N–H and O–H groups in total. The highest BCUT2D eigenvalue weighted by Crippen LogP contribution is 2.31. The minimum Gasteiger partial charge on any atom is -0.507 e. The molecular weight excluding hydrogens is 388 g/mol. The normalized spacial score (nSPS) is 10.8. The van der Waals surface area contributed by atoms with Gasteiger partial charge < -0.3 is 9.52 Å². The quantitative estimate of drug-likeness (QED) is 0.637. The fourth-order valence-electron chi connectivity index (χ4n) is 3.28. The van der Waals surface area contributed by atoms with Gasteiger partial charge in [-0.25, -0.2) is 0 Å². The summed E-state index contributed by atoms with van der Waals surface area (Å²) < 4.78 is 5.86. The number of phenolic OH excluding ortho intramolecular Hbond substituents is 1. The van der Waals surface area contributed by atoms with Crippen molar-refractivity contribution >= 4 is 34.1 Å². The second-order valence-electron chi connectivity index (χ2n) is 6.99.